The summed E-state index contributed by atoms with van der Waals surface area (Å²) in [5.74, 6) is -0.107. The Balaban J connectivity index is 2.63. The maximum Gasteiger partial charge on any atom is 0.319 e. The normalized spacial score (nSPS) is 11.3. The second-order valence-corrected chi connectivity index (χ2v) is 5.65. The average molecular weight is 345 g/mol. The first-order valence-electron chi connectivity index (χ1n) is 8.19. The first kappa shape index (κ1) is 20.4. The van der Waals surface area contributed by atoms with Gasteiger partial charge >= 0.3 is 6.03 Å². The van der Waals surface area contributed by atoms with E-state index in [1.165, 1.54) is 0 Å². The van der Waals surface area contributed by atoms with Gasteiger partial charge in [-0.2, -0.15) is 0 Å². The van der Waals surface area contributed by atoms with Crippen LogP contribution in [0.3, 0.4) is 0 Å². The second kappa shape index (κ2) is 11.0. The third-order valence-electron chi connectivity index (χ3n) is 3.51. The summed E-state index contributed by atoms with van der Waals surface area (Å²) in [5, 5.41) is 5.57. The van der Waals surface area contributed by atoms with Crippen LogP contribution in [0.1, 0.15) is 23.7 Å². The second-order valence-electron chi connectivity index (χ2n) is 5.65. The molecule has 2 N–H and O–H groups in total. The Labute approximate surface area is 149 Å². The molecule has 6 heteroatoms. The molecule has 0 saturated carbocycles. The number of nitrogens with one attached hydrogen (secondary N) is 2. The standard InChI is InChI=1S/C19H27N3O3/c1-5-12-22(13-6-2)18(23)16-7-9-17(10-8-16)21-19(24)20-15(3)11-14-25-4/h5-10,15H,1-2,11-14H2,3-4H3,(H2,20,21,24). The lowest BCUT2D eigenvalue weighted by atomic mass is 10.1. The number of carbonyl (C=O) groups excluding carboxylic acids is 2. The van der Waals surface area contributed by atoms with Crippen molar-refractivity contribution in [2.75, 3.05) is 32.1 Å². The highest BCUT2D eigenvalue weighted by molar-refractivity contribution is 5.95. The summed E-state index contributed by atoms with van der Waals surface area (Å²) in [6.07, 6.45) is 4.08. The van der Waals surface area contributed by atoms with Crippen LogP contribution in [-0.4, -0.2) is 49.7 Å². The molecule has 1 unspecified atom stereocenters. The van der Waals surface area contributed by atoms with Gasteiger partial charge in [0.25, 0.3) is 5.91 Å². The van der Waals surface area contributed by atoms with Crippen LogP contribution in [0.15, 0.2) is 49.6 Å². The van der Waals surface area contributed by atoms with Gasteiger partial charge in [-0.05, 0) is 37.6 Å². The van der Waals surface area contributed by atoms with E-state index in [4.69, 9.17) is 4.74 Å². The maximum atomic E-state index is 12.4. The molecule has 25 heavy (non-hydrogen) atoms. The van der Waals surface area contributed by atoms with E-state index < -0.39 is 0 Å². The lowest BCUT2D eigenvalue weighted by Crippen LogP contribution is -2.36. The molecule has 0 heterocycles. The minimum absolute atomic E-state index is 0.00664. The van der Waals surface area contributed by atoms with Gasteiger partial charge in [0, 0.05) is 44.1 Å². The summed E-state index contributed by atoms with van der Waals surface area (Å²) in [6.45, 7) is 10.7. The number of methoxy groups -OCH3 is 1. The van der Waals surface area contributed by atoms with Crippen molar-refractivity contribution in [1.82, 2.24) is 10.2 Å². The number of rotatable bonds is 10. The zero-order valence-corrected chi connectivity index (χ0v) is 15.0. The third-order valence-corrected chi connectivity index (χ3v) is 3.51. The maximum absolute atomic E-state index is 12.4. The fourth-order valence-corrected chi connectivity index (χ4v) is 2.19. The monoisotopic (exact) mass is 345 g/mol. The van der Waals surface area contributed by atoms with Crippen LogP contribution in [0, 0.1) is 0 Å². The van der Waals surface area contributed by atoms with E-state index in [-0.39, 0.29) is 18.0 Å². The Hall–Kier alpha value is -2.60. The van der Waals surface area contributed by atoms with Crippen LogP contribution in [0.4, 0.5) is 10.5 Å². The van der Waals surface area contributed by atoms with Gasteiger partial charge in [0.1, 0.15) is 0 Å². The molecule has 3 amide bonds. The van der Waals surface area contributed by atoms with E-state index in [9.17, 15) is 9.59 Å². The molecule has 1 atom stereocenters. The molecule has 136 valence electrons. The average Bonchev–Trinajstić information content (AvgIpc) is 2.59. The Morgan fingerprint density at radius 2 is 1.80 bits per heavy atom. The molecule has 0 aliphatic rings. The molecule has 1 rings (SSSR count). The lowest BCUT2D eigenvalue weighted by molar-refractivity contribution is 0.0791. The Morgan fingerprint density at radius 1 is 1.20 bits per heavy atom. The minimum atomic E-state index is -0.289. The molecule has 0 aromatic heterocycles. The summed E-state index contributed by atoms with van der Waals surface area (Å²) in [6, 6.07) is 6.49. The van der Waals surface area contributed by atoms with Crippen molar-refractivity contribution in [3.8, 4) is 0 Å². The van der Waals surface area contributed by atoms with Gasteiger partial charge in [0.05, 0.1) is 0 Å². The predicted molar refractivity (Wildman–Crippen MR) is 101 cm³/mol. The van der Waals surface area contributed by atoms with Gasteiger partial charge < -0.3 is 20.3 Å². The van der Waals surface area contributed by atoms with Gasteiger partial charge in [0.15, 0.2) is 0 Å². The van der Waals surface area contributed by atoms with E-state index >= 15 is 0 Å². The van der Waals surface area contributed by atoms with Crippen molar-refractivity contribution in [3.05, 3.63) is 55.1 Å². The smallest absolute Gasteiger partial charge is 0.319 e. The highest BCUT2D eigenvalue weighted by Crippen LogP contribution is 2.12. The quantitative estimate of drug-likeness (QED) is 0.640. The number of ether oxygens (including phenoxy) is 1. The topological polar surface area (TPSA) is 70.7 Å². The van der Waals surface area contributed by atoms with Crippen molar-refractivity contribution >= 4 is 17.6 Å². The summed E-state index contributed by atoms with van der Waals surface area (Å²) in [5.41, 5.74) is 1.16. The first-order valence-corrected chi connectivity index (χ1v) is 8.19. The van der Waals surface area contributed by atoms with Crippen molar-refractivity contribution < 1.29 is 14.3 Å². The van der Waals surface area contributed by atoms with Crippen LogP contribution in [0.25, 0.3) is 0 Å². The molecule has 0 bridgehead atoms. The van der Waals surface area contributed by atoms with Crippen LogP contribution in [-0.2, 0) is 4.74 Å². The van der Waals surface area contributed by atoms with E-state index in [1.807, 2.05) is 6.92 Å². The van der Waals surface area contributed by atoms with Crippen LogP contribution >= 0.6 is 0 Å². The summed E-state index contributed by atoms with van der Waals surface area (Å²) >= 11 is 0. The number of benzene rings is 1. The van der Waals surface area contributed by atoms with E-state index in [0.29, 0.717) is 30.9 Å². The fourth-order valence-electron chi connectivity index (χ4n) is 2.19. The minimum Gasteiger partial charge on any atom is -0.385 e. The van der Waals surface area contributed by atoms with Crippen molar-refractivity contribution in [2.24, 2.45) is 0 Å². The Morgan fingerprint density at radius 3 is 2.32 bits per heavy atom. The van der Waals surface area contributed by atoms with E-state index in [0.717, 1.165) is 6.42 Å². The zero-order chi connectivity index (χ0) is 18.7. The van der Waals surface area contributed by atoms with Crippen molar-refractivity contribution in [3.63, 3.8) is 0 Å². The summed E-state index contributed by atoms with van der Waals surface area (Å²) in [4.78, 5) is 26.0. The zero-order valence-electron chi connectivity index (χ0n) is 15.0. The highest BCUT2D eigenvalue weighted by atomic mass is 16.5. The highest BCUT2D eigenvalue weighted by Gasteiger charge is 2.13. The lowest BCUT2D eigenvalue weighted by Gasteiger charge is -2.19. The van der Waals surface area contributed by atoms with Gasteiger partial charge in [-0.1, -0.05) is 12.2 Å². The third kappa shape index (κ3) is 7.22. The number of urea groups is 1. The number of anilines is 1. The Bertz CT molecular complexity index is 574. The van der Waals surface area contributed by atoms with Gasteiger partial charge in [-0.3, -0.25) is 4.79 Å². The molecule has 1 aromatic rings. The molecule has 0 aliphatic heterocycles. The molecule has 0 radical (unpaired) electrons. The van der Waals surface area contributed by atoms with E-state index in [2.05, 4.69) is 23.8 Å². The van der Waals surface area contributed by atoms with Gasteiger partial charge in [-0.25, -0.2) is 4.79 Å². The number of hydrogen-bond donors (Lipinski definition) is 2. The predicted octanol–water partition coefficient (Wildman–Crippen LogP) is 3.05. The molecule has 0 aliphatic carbocycles. The first-order chi connectivity index (χ1) is 12.0. The Kier molecular flexibility index (Phi) is 9.03. The van der Waals surface area contributed by atoms with Crippen molar-refractivity contribution in [2.45, 2.75) is 19.4 Å². The fraction of sp³-hybridized carbons (Fsp3) is 0.368. The number of hydrogen-bond acceptors (Lipinski definition) is 3. The molecule has 6 nitrogen and oxygen atoms in total. The molecule has 0 saturated heterocycles. The SMILES string of the molecule is C=CCN(CC=C)C(=O)c1ccc(NC(=O)NC(C)CCOC)cc1. The van der Waals surface area contributed by atoms with Crippen molar-refractivity contribution in [1.29, 1.82) is 0 Å². The number of carbonyl (C=O) groups is 2. The molecule has 1 aromatic carbocycles. The van der Waals surface area contributed by atoms with Crippen LogP contribution in [0.5, 0.6) is 0 Å². The summed E-state index contributed by atoms with van der Waals surface area (Å²) in [7, 11) is 1.63. The van der Waals surface area contributed by atoms with Gasteiger partial charge in [-0.15, -0.1) is 13.2 Å². The van der Waals surface area contributed by atoms with Gasteiger partial charge in [0.2, 0.25) is 0 Å². The van der Waals surface area contributed by atoms with E-state index in [1.54, 1.807) is 48.4 Å². The molecular formula is C19H27N3O3. The molecule has 0 fully saturated rings. The molecule has 0 spiro atoms. The summed E-state index contributed by atoms with van der Waals surface area (Å²) < 4.78 is 4.98. The van der Waals surface area contributed by atoms with Crippen LogP contribution < -0.4 is 10.6 Å². The largest absolute Gasteiger partial charge is 0.385 e. The number of amides is 3. The molecular weight excluding hydrogens is 318 g/mol. The number of nitrogens with zero attached hydrogens (tertiary/aromatic N) is 1. The van der Waals surface area contributed by atoms with Crippen LogP contribution in [0.2, 0.25) is 0 Å².